The lowest BCUT2D eigenvalue weighted by molar-refractivity contribution is -0.0769. The molecule has 3 atom stereocenters. The van der Waals surface area contributed by atoms with E-state index in [1.165, 1.54) is 0 Å². The quantitative estimate of drug-likeness (QED) is 0.507. The SMILES string of the molecule is OCC(O)C(O)C(O)CC1SCCS1. The topological polar surface area (TPSA) is 80.9 Å². The Hall–Kier alpha value is 0.540. The van der Waals surface area contributed by atoms with Gasteiger partial charge in [-0.1, -0.05) is 0 Å². The lowest BCUT2D eigenvalue weighted by Gasteiger charge is -2.23. The highest BCUT2D eigenvalue weighted by Gasteiger charge is 2.28. The molecule has 0 spiro atoms. The molecule has 1 saturated heterocycles. The van der Waals surface area contributed by atoms with Crippen molar-refractivity contribution in [1.29, 1.82) is 0 Å². The summed E-state index contributed by atoms with van der Waals surface area (Å²) in [5.41, 5.74) is 0. The Morgan fingerprint density at radius 3 is 2.14 bits per heavy atom. The van der Waals surface area contributed by atoms with Gasteiger partial charge in [-0.2, -0.15) is 0 Å². The molecule has 0 aromatic heterocycles. The van der Waals surface area contributed by atoms with Gasteiger partial charge in [0.1, 0.15) is 12.2 Å². The molecule has 0 amide bonds. The van der Waals surface area contributed by atoms with E-state index in [9.17, 15) is 10.2 Å². The predicted molar refractivity (Wildman–Crippen MR) is 58.4 cm³/mol. The first-order valence-corrected chi connectivity index (χ1v) is 6.63. The molecule has 1 aliphatic heterocycles. The minimum atomic E-state index is -1.25. The molecule has 1 rings (SSSR count). The molecular weight excluding hydrogens is 224 g/mol. The Morgan fingerprint density at radius 2 is 1.64 bits per heavy atom. The molecule has 0 aliphatic carbocycles. The fourth-order valence-electron chi connectivity index (χ4n) is 1.24. The van der Waals surface area contributed by atoms with Gasteiger partial charge in [0.05, 0.1) is 17.3 Å². The highest BCUT2D eigenvalue weighted by Crippen LogP contribution is 2.35. The van der Waals surface area contributed by atoms with Gasteiger partial charge in [0.25, 0.3) is 0 Å². The van der Waals surface area contributed by atoms with Crippen molar-refractivity contribution in [3.63, 3.8) is 0 Å². The Bertz CT molecular complexity index is 163. The smallest absolute Gasteiger partial charge is 0.108 e. The average Bonchev–Trinajstić information content (AvgIpc) is 2.68. The molecule has 0 aromatic rings. The van der Waals surface area contributed by atoms with Crippen LogP contribution in [0.15, 0.2) is 0 Å². The molecule has 1 fully saturated rings. The van der Waals surface area contributed by atoms with E-state index in [4.69, 9.17) is 10.2 Å². The minimum absolute atomic E-state index is 0.297. The normalized spacial score (nSPS) is 24.9. The van der Waals surface area contributed by atoms with Crippen LogP contribution in [0.25, 0.3) is 0 Å². The van der Waals surface area contributed by atoms with Gasteiger partial charge in [0, 0.05) is 11.5 Å². The third kappa shape index (κ3) is 3.60. The monoisotopic (exact) mass is 240 g/mol. The maximum Gasteiger partial charge on any atom is 0.108 e. The summed E-state index contributed by atoms with van der Waals surface area (Å²) in [6.07, 6.45) is -3.00. The largest absolute Gasteiger partial charge is 0.394 e. The van der Waals surface area contributed by atoms with Crippen LogP contribution in [0.5, 0.6) is 0 Å². The highest BCUT2D eigenvalue weighted by molar-refractivity contribution is 8.20. The molecular formula is C8H16O4S2. The van der Waals surface area contributed by atoms with E-state index < -0.39 is 24.9 Å². The summed E-state index contributed by atoms with van der Waals surface area (Å²) in [5.74, 6) is 2.14. The number of hydrogen-bond acceptors (Lipinski definition) is 6. The predicted octanol–water partition coefficient (Wildman–Crippen LogP) is -0.742. The van der Waals surface area contributed by atoms with Crippen LogP contribution < -0.4 is 0 Å². The Labute approximate surface area is 91.7 Å². The van der Waals surface area contributed by atoms with E-state index in [2.05, 4.69) is 0 Å². The van der Waals surface area contributed by atoms with E-state index in [0.717, 1.165) is 11.5 Å². The summed E-state index contributed by atoms with van der Waals surface area (Å²) in [6.45, 7) is -0.525. The van der Waals surface area contributed by atoms with Crippen molar-refractivity contribution in [3.8, 4) is 0 Å². The molecule has 0 saturated carbocycles. The summed E-state index contributed by atoms with van der Waals surface area (Å²) in [7, 11) is 0. The molecule has 84 valence electrons. The van der Waals surface area contributed by atoms with Gasteiger partial charge in [-0.15, -0.1) is 23.5 Å². The second kappa shape index (κ2) is 6.19. The first-order chi connectivity index (χ1) is 6.65. The number of rotatable bonds is 5. The van der Waals surface area contributed by atoms with Crippen molar-refractivity contribution < 1.29 is 20.4 Å². The van der Waals surface area contributed by atoms with Crippen molar-refractivity contribution in [2.45, 2.75) is 29.3 Å². The molecule has 4 nitrogen and oxygen atoms in total. The zero-order chi connectivity index (χ0) is 10.6. The van der Waals surface area contributed by atoms with Crippen LogP contribution in [0.1, 0.15) is 6.42 Å². The van der Waals surface area contributed by atoms with Crippen molar-refractivity contribution in [3.05, 3.63) is 0 Å². The van der Waals surface area contributed by atoms with E-state index in [1.807, 2.05) is 0 Å². The second-order valence-electron chi connectivity index (χ2n) is 3.21. The maximum atomic E-state index is 9.53. The average molecular weight is 240 g/mol. The fourth-order valence-corrected chi connectivity index (χ4v) is 4.17. The van der Waals surface area contributed by atoms with Crippen LogP contribution in [0.3, 0.4) is 0 Å². The summed E-state index contributed by atoms with van der Waals surface area (Å²) >= 11 is 3.51. The minimum Gasteiger partial charge on any atom is -0.394 e. The summed E-state index contributed by atoms with van der Waals surface area (Å²) < 4.78 is 0.297. The van der Waals surface area contributed by atoms with Crippen LogP contribution >= 0.6 is 23.5 Å². The fraction of sp³-hybridized carbons (Fsp3) is 1.00. The first kappa shape index (κ1) is 12.6. The number of aliphatic hydroxyl groups is 4. The molecule has 1 aliphatic rings. The van der Waals surface area contributed by atoms with Crippen molar-refractivity contribution in [1.82, 2.24) is 0 Å². The second-order valence-corrected chi connectivity index (χ2v) is 6.13. The number of thioether (sulfide) groups is 2. The van der Waals surface area contributed by atoms with Gasteiger partial charge in [0.15, 0.2) is 0 Å². The number of aliphatic hydroxyl groups excluding tert-OH is 4. The van der Waals surface area contributed by atoms with Crippen LogP contribution in [-0.2, 0) is 0 Å². The van der Waals surface area contributed by atoms with Gasteiger partial charge in [-0.25, -0.2) is 0 Å². The molecule has 3 unspecified atom stereocenters. The molecule has 0 bridgehead atoms. The highest BCUT2D eigenvalue weighted by atomic mass is 32.2. The Balaban J connectivity index is 2.28. The molecule has 14 heavy (non-hydrogen) atoms. The third-order valence-corrected chi connectivity index (χ3v) is 5.18. The van der Waals surface area contributed by atoms with E-state index >= 15 is 0 Å². The third-order valence-electron chi connectivity index (χ3n) is 2.10. The van der Waals surface area contributed by atoms with Gasteiger partial charge in [-0.3, -0.25) is 0 Å². The van der Waals surface area contributed by atoms with Crippen LogP contribution in [0.4, 0.5) is 0 Å². The van der Waals surface area contributed by atoms with Crippen LogP contribution in [-0.4, -0.2) is 61.4 Å². The van der Waals surface area contributed by atoms with E-state index in [-0.39, 0.29) is 0 Å². The van der Waals surface area contributed by atoms with Gasteiger partial charge in [-0.05, 0) is 6.42 Å². The molecule has 1 heterocycles. The zero-order valence-electron chi connectivity index (χ0n) is 7.74. The summed E-state index contributed by atoms with van der Waals surface area (Å²) in [6, 6.07) is 0. The molecule has 0 radical (unpaired) electrons. The van der Waals surface area contributed by atoms with E-state index in [0.29, 0.717) is 11.0 Å². The Morgan fingerprint density at radius 1 is 1.07 bits per heavy atom. The lowest BCUT2D eigenvalue weighted by Crippen LogP contribution is -2.40. The van der Waals surface area contributed by atoms with Gasteiger partial charge in [0.2, 0.25) is 0 Å². The van der Waals surface area contributed by atoms with Crippen molar-refractivity contribution in [2.75, 3.05) is 18.1 Å². The standard InChI is InChI=1S/C8H16O4S2/c9-4-6(11)8(12)5(10)3-7-13-1-2-14-7/h5-12H,1-4H2. The zero-order valence-corrected chi connectivity index (χ0v) is 9.38. The first-order valence-electron chi connectivity index (χ1n) is 4.53. The van der Waals surface area contributed by atoms with E-state index in [1.54, 1.807) is 23.5 Å². The lowest BCUT2D eigenvalue weighted by atomic mass is 10.1. The van der Waals surface area contributed by atoms with Crippen molar-refractivity contribution in [2.24, 2.45) is 0 Å². The summed E-state index contributed by atoms with van der Waals surface area (Å²) in [4.78, 5) is 0. The Kier molecular flexibility index (Phi) is 5.58. The molecule has 0 aromatic carbocycles. The van der Waals surface area contributed by atoms with Crippen molar-refractivity contribution >= 4 is 23.5 Å². The van der Waals surface area contributed by atoms with Gasteiger partial charge >= 0.3 is 0 Å². The van der Waals surface area contributed by atoms with Crippen LogP contribution in [0.2, 0.25) is 0 Å². The maximum absolute atomic E-state index is 9.53. The molecule has 6 heteroatoms. The van der Waals surface area contributed by atoms with Gasteiger partial charge < -0.3 is 20.4 Å². The number of hydrogen-bond donors (Lipinski definition) is 4. The summed E-state index contributed by atoms with van der Waals surface area (Å²) in [5, 5.41) is 36.6. The van der Waals surface area contributed by atoms with Crippen LogP contribution in [0, 0.1) is 0 Å². The molecule has 4 N–H and O–H groups in total.